The Bertz CT molecular complexity index is 756. The smallest absolute Gasteiger partial charge is 0.274 e. The predicted molar refractivity (Wildman–Crippen MR) is 87.9 cm³/mol. The van der Waals surface area contributed by atoms with E-state index < -0.39 is 4.92 Å². The van der Waals surface area contributed by atoms with Crippen LogP contribution in [0.15, 0.2) is 36.4 Å². The van der Waals surface area contributed by atoms with E-state index in [1.807, 2.05) is 32.0 Å². The Morgan fingerprint density at radius 3 is 2.52 bits per heavy atom. The van der Waals surface area contributed by atoms with E-state index in [0.29, 0.717) is 17.0 Å². The maximum atomic E-state index is 11.9. The highest BCUT2D eigenvalue weighted by Gasteiger charge is 2.13. The molecule has 0 fully saturated rings. The number of rotatable bonds is 5. The summed E-state index contributed by atoms with van der Waals surface area (Å²) >= 11 is 0. The molecule has 0 spiro atoms. The molecule has 6 heteroatoms. The lowest BCUT2D eigenvalue weighted by Gasteiger charge is -2.10. The van der Waals surface area contributed by atoms with Gasteiger partial charge in [-0.15, -0.1) is 0 Å². The molecule has 0 aromatic heterocycles. The maximum Gasteiger partial charge on any atom is 0.274 e. The lowest BCUT2D eigenvalue weighted by molar-refractivity contribution is -0.385. The van der Waals surface area contributed by atoms with Gasteiger partial charge in [-0.3, -0.25) is 14.9 Å². The number of nitro benzene ring substituents is 1. The van der Waals surface area contributed by atoms with E-state index in [9.17, 15) is 14.9 Å². The summed E-state index contributed by atoms with van der Waals surface area (Å²) in [6, 6.07) is 10.3. The van der Waals surface area contributed by atoms with Gasteiger partial charge in [-0.25, -0.2) is 0 Å². The van der Waals surface area contributed by atoms with Crippen molar-refractivity contribution in [2.24, 2.45) is 0 Å². The number of anilines is 1. The third-order valence-electron chi connectivity index (χ3n) is 3.39. The minimum atomic E-state index is -0.475. The number of carbonyl (C=O) groups is 1. The average Bonchev–Trinajstić information content (AvgIpc) is 2.50. The number of hydrogen-bond donors (Lipinski definition) is 1. The molecule has 0 aliphatic rings. The Kier molecular flexibility index (Phi) is 4.95. The highest BCUT2D eigenvalue weighted by Crippen LogP contribution is 2.22. The molecule has 0 atom stereocenters. The number of hydrogen-bond acceptors (Lipinski definition) is 4. The van der Waals surface area contributed by atoms with Crippen molar-refractivity contribution in [1.82, 2.24) is 0 Å². The van der Waals surface area contributed by atoms with Crippen molar-refractivity contribution in [3.05, 3.63) is 63.2 Å². The van der Waals surface area contributed by atoms with Gasteiger partial charge >= 0.3 is 0 Å². The normalized spacial score (nSPS) is 10.2. The molecule has 0 saturated carbocycles. The van der Waals surface area contributed by atoms with Gasteiger partial charge in [0.1, 0.15) is 5.75 Å². The van der Waals surface area contributed by atoms with Crippen molar-refractivity contribution >= 4 is 17.3 Å². The maximum absolute atomic E-state index is 11.9. The van der Waals surface area contributed by atoms with Gasteiger partial charge in [-0.05, 0) is 44.0 Å². The van der Waals surface area contributed by atoms with Crippen molar-refractivity contribution < 1.29 is 14.5 Å². The van der Waals surface area contributed by atoms with Crippen LogP contribution < -0.4 is 10.1 Å². The number of amides is 1. The van der Waals surface area contributed by atoms with E-state index >= 15 is 0 Å². The third kappa shape index (κ3) is 4.29. The van der Waals surface area contributed by atoms with Gasteiger partial charge in [-0.2, -0.15) is 0 Å². The van der Waals surface area contributed by atoms with Gasteiger partial charge in [0.15, 0.2) is 6.61 Å². The van der Waals surface area contributed by atoms with Crippen LogP contribution in [-0.2, 0) is 4.79 Å². The second kappa shape index (κ2) is 6.91. The standard InChI is InChI=1S/C17H18N2O4/c1-11-4-5-13(3)16(8-11)23-10-17(20)18-14-7-6-12(2)15(9-14)19(21)22/h4-9H,10H2,1-3H3,(H,18,20). The van der Waals surface area contributed by atoms with Crippen LogP contribution in [0, 0.1) is 30.9 Å². The first-order valence-electron chi connectivity index (χ1n) is 7.12. The molecule has 0 heterocycles. The molecule has 6 nitrogen and oxygen atoms in total. The molecule has 0 aliphatic heterocycles. The van der Waals surface area contributed by atoms with Gasteiger partial charge in [0.25, 0.3) is 11.6 Å². The van der Waals surface area contributed by atoms with Crippen molar-refractivity contribution in [3.8, 4) is 5.75 Å². The summed E-state index contributed by atoms with van der Waals surface area (Å²) in [4.78, 5) is 22.4. The van der Waals surface area contributed by atoms with Crippen LogP contribution in [0.2, 0.25) is 0 Å². The summed E-state index contributed by atoms with van der Waals surface area (Å²) in [5.74, 6) is 0.277. The number of nitro groups is 1. The zero-order valence-electron chi connectivity index (χ0n) is 13.3. The molecular weight excluding hydrogens is 296 g/mol. The first-order chi connectivity index (χ1) is 10.9. The number of benzene rings is 2. The molecule has 2 aromatic carbocycles. The lowest BCUT2D eigenvalue weighted by atomic mass is 10.1. The van der Waals surface area contributed by atoms with Gasteiger partial charge in [0.05, 0.1) is 4.92 Å². The molecule has 2 aromatic rings. The van der Waals surface area contributed by atoms with Crippen LogP contribution in [0.3, 0.4) is 0 Å². The molecule has 0 aliphatic carbocycles. The molecule has 0 unspecified atom stereocenters. The Labute approximate surface area is 134 Å². The Morgan fingerprint density at radius 1 is 1.13 bits per heavy atom. The zero-order valence-corrected chi connectivity index (χ0v) is 13.3. The quantitative estimate of drug-likeness (QED) is 0.676. The first kappa shape index (κ1) is 16.5. The molecule has 1 amide bonds. The number of aryl methyl sites for hydroxylation is 3. The van der Waals surface area contributed by atoms with Crippen LogP contribution in [0.4, 0.5) is 11.4 Å². The Hall–Kier alpha value is -2.89. The van der Waals surface area contributed by atoms with Crippen LogP contribution in [0.25, 0.3) is 0 Å². The second-order valence-electron chi connectivity index (χ2n) is 5.36. The van der Waals surface area contributed by atoms with Gasteiger partial charge in [0.2, 0.25) is 0 Å². The second-order valence-corrected chi connectivity index (χ2v) is 5.36. The van der Waals surface area contributed by atoms with E-state index in [2.05, 4.69) is 5.32 Å². The van der Waals surface area contributed by atoms with Crippen molar-refractivity contribution in [2.45, 2.75) is 20.8 Å². The molecule has 120 valence electrons. The lowest BCUT2D eigenvalue weighted by Crippen LogP contribution is -2.20. The van der Waals surface area contributed by atoms with E-state index in [4.69, 9.17) is 4.74 Å². The molecule has 2 rings (SSSR count). The summed E-state index contributed by atoms with van der Waals surface area (Å²) in [7, 11) is 0. The summed E-state index contributed by atoms with van der Waals surface area (Å²) in [5.41, 5.74) is 2.87. The van der Waals surface area contributed by atoms with Crippen LogP contribution in [0.1, 0.15) is 16.7 Å². The Balaban J connectivity index is 2.01. The summed E-state index contributed by atoms with van der Waals surface area (Å²) in [6.07, 6.45) is 0. The number of carbonyl (C=O) groups excluding carboxylic acids is 1. The predicted octanol–water partition coefficient (Wildman–Crippen LogP) is 3.54. The topological polar surface area (TPSA) is 81.5 Å². The number of ether oxygens (including phenoxy) is 1. The van der Waals surface area contributed by atoms with Crippen LogP contribution in [-0.4, -0.2) is 17.4 Å². The molecule has 0 saturated heterocycles. The summed E-state index contributed by atoms with van der Waals surface area (Å²) in [5, 5.41) is 13.5. The fraction of sp³-hybridized carbons (Fsp3) is 0.235. The minimum absolute atomic E-state index is 0.0294. The largest absolute Gasteiger partial charge is 0.483 e. The fourth-order valence-electron chi connectivity index (χ4n) is 2.09. The molecule has 0 bridgehead atoms. The number of nitrogens with zero attached hydrogens (tertiary/aromatic N) is 1. The monoisotopic (exact) mass is 314 g/mol. The first-order valence-corrected chi connectivity index (χ1v) is 7.12. The van der Waals surface area contributed by atoms with E-state index in [0.717, 1.165) is 11.1 Å². The molecular formula is C17H18N2O4. The highest BCUT2D eigenvalue weighted by molar-refractivity contribution is 5.92. The third-order valence-corrected chi connectivity index (χ3v) is 3.39. The summed E-state index contributed by atoms with van der Waals surface area (Å²) in [6.45, 7) is 5.33. The molecule has 0 radical (unpaired) electrons. The van der Waals surface area contributed by atoms with Gasteiger partial charge < -0.3 is 10.1 Å². The van der Waals surface area contributed by atoms with Gasteiger partial charge in [-0.1, -0.05) is 18.2 Å². The van der Waals surface area contributed by atoms with E-state index in [1.165, 1.54) is 6.07 Å². The van der Waals surface area contributed by atoms with Gasteiger partial charge in [0, 0.05) is 17.3 Å². The fourth-order valence-corrected chi connectivity index (χ4v) is 2.09. The SMILES string of the molecule is Cc1ccc(C)c(OCC(=O)Nc2ccc(C)c([N+](=O)[O-])c2)c1. The Morgan fingerprint density at radius 2 is 1.83 bits per heavy atom. The molecule has 23 heavy (non-hydrogen) atoms. The van der Waals surface area contributed by atoms with E-state index in [-0.39, 0.29) is 18.2 Å². The average molecular weight is 314 g/mol. The summed E-state index contributed by atoms with van der Waals surface area (Å²) < 4.78 is 5.51. The molecule has 1 N–H and O–H groups in total. The zero-order chi connectivity index (χ0) is 17.0. The minimum Gasteiger partial charge on any atom is -0.483 e. The van der Waals surface area contributed by atoms with Crippen molar-refractivity contribution in [2.75, 3.05) is 11.9 Å². The van der Waals surface area contributed by atoms with Crippen LogP contribution in [0.5, 0.6) is 5.75 Å². The number of nitrogens with one attached hydrogen (secondary N) is 1. The van der Waals surface area contributed by atoms with Crippen LogP contribution >= 0.6 is 0 Å². The van der Waals surface area contributed by atoms with Crippen molar-refractivity contribution in [3.63, 3.8) is 0 Å². The van der Waals surface area contributed by atoms with Crippen molar-refractivity contribution in [1.29, 1.82) is 0 Å². The van der Waals surface area contributed by atoms with E-state index in [1.54, 1.807) is 19.1 Å². The highest BCUT2D eigenvalue weighted by atomic mass is 16.6.